The monoisotopic (exact) mass is 241 g/mol. The smallest absolute Gasteiger partial charge is 0.240 e. The van der Waals surface area contributed by atoms with Gasteiger partial charge in [0.15, 0.2) is 0 Å². The lowest BCUT2D eigenvalue weighted by molar-refractivity contribution is -0.114. The van der Waals surface area contributed by atoms with Crippen LogP contribution in [-0.4, -0.2) is 21.6 Å². The van der Waals surface area contributed by atoms with Crippen molar-refractivity contribution in [1.82, 2.24) is 9.78 Å². The van der Waals surface area contributed by atoms with Gasteiger partial charge in [0.1, 0.15) is 11.7 Å². The Labute approximate surface area is 100.0 Å². The maximum Gasteiger partial charge on any atom is 0.240 e. The molecular weight excluding hydrogens is 226 g/mol. The fourth-order valence-corrected chi connectivity index (χ4v) is 2.27. The normalized spacial score (nSPS) is 16.6. The maximum absolute atomic E-state index is 11.2. The molecule has 0 unspecified atom stereocenters. The molecule has 1 saturated carbocycles. The highest BCUT2D eigenvalue weighted by Crippen LogP contribution is 2.34. The third-order valence-corrected chi connectivity index (χ3v) is 3.30. The van der Waals surface area contributed by atoms with Gasteiger partial charge < -0.3 is 5.32 Å². The number of halogens is 1. The lowest BCUT2D eigenvalue weighted by Crippen LogP contribution is -2.15. The molecule has 1 aromatic heterocycles. The molecule has 0 bridgehead atoms. The standard InChI is InChI=1S/C11H16ClN3O/c1-15-10(13-11(16)7-12)6-9(14-15)8-4-2-3-5-8/h6,8H,2-5,7H2,1H3,(H,13,16). The molecule has 1 aliphatic rings. The van der Waals surface area contributed by atoms with Gasteiger partial charge in [0.25, 0.3) is 0 Å². The van der Waals surface area contributed by atoms with Crippen LogP contribution in [0.15, 0.2) is 6.07 Å². The summed E-state index contributed by atoms with van der Waals surface area (Å²) in [4.78, 5) is 11.2. The summed E-state index contributed by atoms with van der Waals surface area (Å²) >= 11 is 5.45. The fourth-order valence-electron chi connectivity index (χ4n) is 2.20. The number of nitrogens with zero attached hydrogens (tertiary/aromatic N) is 2. The van der Waals surface area contributed by atoms with Crippen molar-refractivity contribution in [2.75, 3.05) is 11.2 Å². The van der Waals surface area contributed by atoms with Crippen molar-refractivity contribution in [2.45, 2.75) is 31.6 Å². The average Bonchev–Trinajstić information content (AvgIpc) is 2.88. The number of hydrogen-bond acceptors (Lipinski definition) is 2. The largest absolute Gasteiger partial charge is 0.310 e. The number of amides is 1. The molecule has 0 atom stereocenters. The first-order valence-electron chi connectivity index (χ1n) is 5.60. The van der Waals surface area contributed by atoms with Crippen LogP contribution in [0.25, 0.3) is 0 Å². The van der Waals surface area contributed by atoms with Gasteiger partial charge >= 0.3 is 0 Å². The second-order valence-electron chi connectivity index (χ2n) is 4.24. The Morgan fingerprint density at radius 3 is 2.94 bits per heavy atom. The number of hydrogen-bond donors (Lipinski definition) is 1. The fraction of sp³-hybridized carbons (Fsp3) is 0.636. The molecule has 1 aliphatic carbocycles. The van der Waals surface area contributed by atoms with E-state index in [9.17, 15) is 4.79 Å². The molecule has 16 heavy (non-hydrogen) atoms. The van der Waals surface area contributed by atoms with Crippen molar-refractivity contribution < 1.29 is 4.79 Å². The van der Waals surface area contributed by atoms with Gasteiger partial charge in [-0.15, -0.1) is 11.6 Å². The zero-order valence-electron chi connectivity index (χ0n) is 9.37. The van der Waals surface area contributed by atoms with E-state index in [4.69, 9.17) is 11.6 Å². The average molecular weight is 242 g/mol. The molecule has 1 fully saturated rings. The Hall–Kier alpha value is -1.03. The van der Waals surface area contributed by atoms with Gasteiger partial charge in [0.2, 0.25) is 5.91 Å². The maximum atomic E-state index is 11.2. The number of alkyl halides is 1. The molecule has 4 nitrogen and oxygen atoms in total. The summed E-state index contributed by atoms with van der Waals surface area (Å²) in [5.74, 6) is 1.08. The van der Waals surface area contributed by atoms with Gasteiger partial charge in [-0.05, 0) is 12.8 Å². The highest BCUT2D eigenvalue weighted by atomic mass is 35.5. The van der Waals surface area contributed by atoms with Crippen LogP contribution in [0, 0.1) is 0 Å². The first-order chi connectivity index (χ1) is 7.70. The molecule has 88 valence electrons. The van der Waals surface area contributed by atoms with Crippen molar-refractivity contribution in [3.8, 4) is 0 Å². The van der Waals surface area contributed by atoms with Crippen LogP contribution in [0.3, 0.4) is 0 Å². The van der Waals surface area contributed by atoms with Crippen molar-refractivity contribution in [3.05, 3.63) is 11.8 Å². The van der Waals surface area contributed by atoms with E-state index in [0.717, 1.165) is 11.5 Å². The summed E-state index contributed by atoms with van der Waals surface area (Å²) in [6.45, 7) is 0. The third-order valence-electron chi connectivity index (χ3n) is 3.06. The summed E-state index contributed by atoms with van der Waals surface area (Å²) in [5, 5.41) is 7.17. The summed E-state index contributed by atoms with van der Waals surface area (Å²) in [6, 6.07) is 1.96. The SMILES string of the molecule is Cn1nc(C2CCCC2)cc1NC(=O)CCl. The molecule has 1 amide bonds. The molecular formula is C11H16ClN3O. The number of rotatable bonds is 3. The molecule has 0 radical (unpaired) electrons. The van der Waals surface area contributed by atoms with Gasteiger partial charge in [-0.2, -0.15) is 5.10 Å². The second kappa shape index (κ2) is 4.87. The van der Waals surface area contributed by atoms with Crippen LogP contribution in [-0.2, 0) is 11.8 Å². The third kappa shape index (κ3) is 2.38. The lowest BCUT2D eigenvalue weighted by Gasteiger charge is -2.02. The van der Waals surface area contributed by atoms with Gasteiger partial charge in [-0.3, -0.25) is 9.48 Å². The first kappa shape index (κ1) is 11.5. The van der Waals surface area contributed by atoms with E-state index in [1.165, 1.54) is 25.7 Å². The Morgan fingerprint density at radius 2 is 2.31 bits per heavy atom. The minimum absolute atomic E-state index is 0.0239. The van der Waals surface area contributed by atoms with Crippen LogP contribution in [0.4, 0.5) is 5.82 Å². The zero-order chi connectivity index (χ0) is 11.5. The number of nitrogens with one attached hydrogen (secondary N) is 1. The predicted molar refractivity (Wildman–Crippen MR) is 63.8 cm³/mol. The Morgan fingerprint density at radius 1 is 1.62 bits per heavy atom. The van der Waals surface area contributed by atoms with E-state index < -0.39 is 0 Å². The minimum atomic E-state index is -0.192. The molecule has 0 saturated heterocycles. The quantitative estimate of drug-likeness (QED) is 0.826. The molecule has 0 spiro atoms. The van der Waals surface area contributed by atoms with E-state index in [1.807, 2.05) is 13.1 Å². The molecule has 1 aromatic rings. The zero-order valence-corrected chi connectivity index (χ0v) is 10.1. The highest BCUT2D eigenvalue weighted by Gasteiger charge is 2.20. The van der Waals surface area contributed by atoms with Gasteiger partial charge in [0, 0.05) is 19.0 Å². The van der Waals surface area contributed by atoms with Crippen LogP contribution in [0.5, 0.6) is 0 Å². The van der Waals surface area contributed by atoms with Gasteiger partial charge in [-0.25, -0.2) is 0 Å². The van der Waals surface area contributed by atoms with Gasteiger partial charge in [-0.1, -0.05) is 12.8 Å². The Balaban J connectivity index is 2.11. The highest BCUT2D eigenvalue weighted by molar-refractivity contribution is 6.29. The van der Waals surface area contributed by atoms with Crippen LogP contribution >= 0.6 is 11.6 Å². The molecule has 0 aliphatic heterocycles. The molecule has 0 aromatic carbocycles. The van der Waals surface area contributed by atoms with E-state index in [1.54, 1.807) is 4.68 Å². The van der Waals surface area contributed by atoms with Crippen LogP contribution in [0.2, 0.25) is 0 Å². The lowest BCUT2D eigenvalue weighted by atomic mass is 10.0. The summed E-state index contributed by atoms with van der Waals surface area (Å²) in [5.41, 5.74) is 1.09. The van der Waals surface area contributed by atoms with Crippen molar-refractivity contribution >= 4 is 23.3 Å². The summed E-state index contributed by atoms with van der Waals surface area (Å²) < 4.78 is 1.71. The molecule has 5 heteroatoms. The Bertz CT molecular complexity index is 383. The van der Waals surface area contributed by atoms with E-state index in [-0.39, 0.29) is 11.8 Å². The number of anilines is 1. The summed E-state index contributed by atoms with van der Waals surface area (Å²) in [7, 11) is 1.84. The van der Waals surface area contributed by atoms with Crippen molar-refractivity contribution in [3.63, 3.8) is 0 Å². The molecule has 1 heterocycles. The molecule has 1 N–H and O–H groups in total. The van der Waals surface area contributed by atoms with Gasteiger partial charge in [0.05, 0.1) is 5.69 Å². The second-order valence-corrected chi connectivity index (χ2v) is 4.51. The van der Waals surface area contributed by atoms with E-state index in [2.05, 4.69) is 10.4 Å². The number of aryl methyl sites for hydroxylation is 1. The minimum Gasteiger partial charge on any atom is -0.310 e. The Kier molecular flexibility index (Phi) is 3.49. The van der Waals surface area contributed by atoms with Crippen LogP contribution in [0.1, 0.15) is 37.3 Å². The molecule has 2 rings (SSSR count). The number of carbonyl (C=O) groups is 1. The van der Waals surface area contributed by atoms with Crippen molar-refractivity contribution in [2.24, 2.45) is 7.05 Å². The van der Waals surface area contributed by atoms with E-state index in [0.29, 0.717) is 5.92 Å². The number of aromatic nitrogens is 2. The summed E-state index contributed by atoms with van der Waals surface area (Å²) in [6.07, 6.45) is 4.98. The van der Waals surface area contributed by atoms with E-state index >= 15 is 0 Å². The van der Waals surface area contributed by atoms with Crippen LogP contribution < -0.4 is 5.32 Å². The predicted octanol–water partition coefficient (Wildman–Crippen LogP) is 2.25. The first-order valence-corrected chi connectivity index (χ1v) is 6.14. The topological polar surface area (TPSA) is 46.9 Å². The number of carbonyl (C=O) groups excluding carboxylic acids is 1. The van der Waals surface area contributed by atoms with Crippen molar-refractivity contribution in [1.29, 1.82) is 0 Å².